The second kappa shape index (κ2) is 5.90. The Morgan fingerprint density at radius 3 is 2.50 bits per heavy atom. The van der Waals surface area contributed by atoms with Crippen molar-refractivity contribution in [1.29, 1.82) is 0 Å². The maximum atomic E-state index is 11.0. The Kier molecular flexibility index (Phi) is 4.53. The van der Waals surface area contributed by atoms with Gasteiger partial charge in [0.25, 0.3) is 0 Å². The fourth-order valence-corrected chi connectivity index (χ4v) is 1.33. The van der Waals surface area contributed by atoms with Crippen molar-refractivity contribution >= 4 is 11.9 Å². The Balaban J connectivity index is 2.76. The molecule has 0 saturated carbocycles. The Bertz CT molecular complexity index is 466. The molecule has 0 amide bonds. The van der Waals surface area contributed by atoms with Crippen LogP contribution in [-0.2, 0) is 14.5 Å². The molecule has 0 radical (unpaired) electrons. The summed E-state index contributed by atoms with van der Waals surface area (Å²) in [6.07, 6.45) is -0.757. The van der Waals surface area contributed by atoms with Gasteiger partial charge in [-0.1, -0.05) is 6.07 Å². The van der Waals surface area contributed by atoms with Gasteiger partial charge in [0.1, 0.15) is 6.42 Å². The molecule has 0 bridgehead atoms. The van der Waals surface area contributed by atoms with Gasteiger partial charge in [0.05, 0.1) is 7.11 Å². The first kappa shape index (κ1) is 13.8. The summed E-state index contributed by atoms with van der Waals surface area (Å²) in [5.41, 5.74) is 1.85. The van der Waals surface area contributed by atoms with Crippen LogP contribution in [0.5, 0.6) is 11.5 Å². The summed E-state index contributed by atoms with van der Waals surface area (Å²) in [4.78, 5) is 30.4. The standard InChI is InChI=1S/C12H14O6/c1-7-4-5-9(12(16-3)8(7)2)17-18-11(15)6-10(13)14/h4-5H,6H2,1-3H3,(H,13,14). The van der Waals surface area contributed by atoms with Crippen LogP contribution in [0.2, 0.25) is 0 Å². The summed E-state index contributed by atoms with van der Waals surface area (Å²) in [5, 5.41) is 8.38. The predicted octanol–water partition coefficient (Wildman–Crippen LogP) is 1.62. The first-order valence-electron chi connectivity index (χ1n) is 5.19. The summed E-state index contributed by atoms with van der Waals surface area (Å²) >= 11 is 0. The highest BCUT2D eigenvalue weighted by Gasteiger charge is 2.15. The van der Waals surface area contributed by atoms with E-state index in [4.69, 9.17) is 14.7 Å². The molecule has 18 heavy (non-hydrogen) atoms. The maximum absolute atomic E-state index is 11.0. The first-order chi connectivity index (χ1) is 8.45. The van der Waals surface area contributed by atoms with Gasteiger partial charge in [0, 0.05) is 0 Å². The molecule has 0 fully saturated rings. The van der Waals surface area contributed by atoms with E-state index in [1.54, 1.807) is 12.1 Å². The van der Waals surface area contributed by atoms with Gasteiger partial charge < -0.3 is 9.84 Å². The number of carboxylic acids is 1. The molecule has 0 unspecified atom stereocenters. The number of carbonyl (C=O) groups is 2. The molecule has 1 aromatic carbocycles. The van der Waals surface area contributed by atoms with E-state index in [-0.39, 0.29) is 5.75 Å². The van der Waals surface area contributed by atoms with Crippen molar-refractivity contribution in [3.63, 3.8) is 0 Å². The van der Waals surface area contributed by atoms with Crippen molar-refractivity contribution in [3.8, 4) is 11.5 Å². The summed E-state index contributed by atoms with van der Waals surface area (Å²) in [6, 6.07) is 3.35. The zero-order valence-electron chi connectivity index (χ0n) is 10.4. The van der Waals surface area contributed by atoms with Crippen LogP contribution in [0.4, 0.5) is 0 Å². The largest absolute Gasteiger partial charge is 0.492 e. The van der Waals surface area contributed by atoms with E-state index in [2.05, 4.69) is 4.89 Å². The van der Waals surface area contributed by atoms with Crippen molar-refractivity contribution in [2.24, 2.45) is 0 Å². The van der Waals surface area contributed by atoms with Crippen LogP contribution in [0.25, 0.3) is 0 Å². The number of carbonyl (C=O) groups excluding carboxylic acids is 1. The Morgan fingerprint density at radius 1 is 1.28 bits per heavy atom. The average Bonchev–Trinajstić information content (AvgIpc) is 2.29. The van der Waals surface area contributed by atoms with E-state index in [1.807, 2.05) is 13.8 Å². The van der Waals surface area contributed by atoms with Gasteiger partial charge >= 0.3 is 11.9 Å². The molecule has 0 aliphatic carbocycles. The highest BCUT2D eigenvalue weighted by Crippen LogP contribution is 2.32. The van der Waals surface area contributed by atoms with Gasteiger partial charge in [0.15, 0.2) is 5.75 Å². The average molecular weight is 254 g/mol. The smallest absolute Gasteiger partial charge is 0.366 e. The fraction of sp³-hybridized carbons (Fsp3) is 0.333. The zero-order valence-corrected chi connectivity index (χ0v) is 10.4. The lowest BCUT2D eigenvalue weighted by Crippen LogP contribution is -2.13. The minimum atomic E-state index is -1.28. The van der Waals surface area contributed by atoms with Gasteiger partial charge in [-0.25, -0.2) is 9.68 Å². The molecule has 1 rings (SSSR count). The molecule has 1 N–H and O–H groups in total. The molecule has 6 heteroatoms. The number of benzene rings is 1. The molecule has 0 heterocycles. The zero-order chi connectivity index (χ0) is 13.7. The van der Waals surface area contributed by atoms with E-state index in [9.17, 15) is 9.59 Å². The molecule has 6 nitrogen and oxygen atoms in total. The minimum Gasteiger partial charge on any atom is -0.492 e. The Labute approximate surface area is 104 Å². The van der Waals surface area contributed by atoms with Crippen LogP contribution >= 0.6 is 0 Å². The Hall–Kier alpha value is -2.24. The van der Waals surface area contributed by atoms with Crippen LogP contribution in [0.15, 0.2) is 12.1 Å². The molecule has 0 aliphatic heterocycles. The lowest BCUT2D eigenvalue weighted by atomic mass is 10.1. The van der Waals surface area contributed by atoms with Crippen LogP contribution in [0, 0.1) is 13.8 Å². The number of hydrogen-bond acceptors (Lipinski definition) is 5. The lowest BCUT2D eigenvalue weighted by molar-refractivity contribution is -0.214. The highest BCUT2D eigenvalue weighted by molar-refractivity contribution is 5.89. The fourth-order valence-electron chi connectivity index (χ4n) is 1.33. The van der Waals surface area contributed by atoms with Crippen LogP contribution in [-0.4, -0.2) is 24.2 Å². The second-order valence-corrected chi connectivity index (χ2v) is 3.65. The number of hydrogen-bond donors (Lipinski definition) is 1. The van der Waals surface area contributed by atoms with Crippen molar-refractivity contribution in [1.82, 2.24) is 0 Å². The molecule has 0 atom stereocenters. The first-order valence-corrected chi connectivity index (χ1v) is 5.19. The SMILES string of the molecule is COc1c(OOC(=O)CC(=O)O)ccc(C)c1C. The molecule has 0 aliphatic rings. The number of methoxy groups -OCH3 is 1. The topological polar surface area (TPSA) is 82.1 Å². The molecule has 98 valence electrons. The molecule has 0 spiro atoms. The quantitative estimate of drug-likeness (QED) is 0.488. The molecule has 0 saturated heterocycles. The van der Waals surface area contributed by atoms with Crippen molar-refractivity contribution in [2.75, 3.05) is 7.11 Å². The van der Waals surface area contributed by atoms with E-state index in [0.29, 0.717) is 5.75 Å². The molecular formula is C12H14O6. The number of aliphatic carboxylic acids is 1. The van der Waals surface area contributed by atoms with E-state index < -0.39 is 18.4 Å². The molecular weight excluding hydrogens is 240 g/mol. The Morgan fingerprint density at radius 2 is 1.94 bits per heavy atom. The summed E-state index contributed by atoms with van der Waals surface area (Å²) in [5.74, 6) is -1.60. The highest BCUT2D eigenvalue weighted by atomic mass is 17.2. The summed E-state index contributed by atoms with van der Waals surface area (Å²) < 4.78 is 5.14. The van der Waals surface area contributed by atoms with E-state index in [1.165, 1.54) is 7.11 Å². The third kappa shape index (κ3) is 3.38. The van der Waals surface area contributed by atoms with E-state index in [0.717, 1.165) is 11.1 Å². The number of ether oxygens (including phenoxy) is 1. The van der Waals surface area contributed by atoms with Crippen LogP contribution in [0.1, 0.15) is 17.5 Å². The number of rotatable bonds is 5. The van der Waals surface area contributed by atoms with Gasteiger partial charge in [-0.3, -0.25) is 9.68 Å². The lowest BCUT2D eigenvalue weighted by Gasteiger charge is -2.12. The van der Waals surface area contributed by atoms with E-state index >= 15 is 0 Å². The van der Waals surface area contributed by atoms with Crippen molar-refractivity contribution in [3.05, 3.63) is 23.3 Å². The van der Waals surface area contributed by atoms with Crippen LogP contribution in [0.3, 0.4) is 0 Å². The third-order valence-corrected chi connectivity index (χ3v) is 2.36. The van der Waals surface area contributed by atoms with Gasteiger partial charge in [0.2, 0.25) is 5.75 Å². The van der Waals surface area contributed by atoms with Crippen molar-refractivity contribution < 1.29 is 29.2 Å². The normalized spacial score (nSPS) is 9.72. The van der Waals surface area contributed by atoms with Gasteiger partial charge in [-0.15, -0.1) is 0 Å². The number of aryl methyl sites for hydroxylation is 1. The summed E-state index contributed by atoms with van der Waals surface area (Å²) in [6.45, 7) is 3.73. The van der Waals surface area contributed by atoms with Gasteiger partial charge in [-0.2, -0.15) is 0 Å². The molecule has 1 aromatic rings. The number of carboxylic acid groups (broad SMARTS) is 1. The minimum absolute atomic E-state index is 0.222. The van der Waals surface area contributed by atoms with Crippen LogP contribution < -0.4 is 9.62 Å². The predicted molar refractivity (Wildman–Crippen MR) is 61.4 cm³/mol. The van der Waals surface area contributed by atoms with Crippen molar-refractivity contribution in [2.45, 2.75) is 20.3 Å². The molecule has 0 aromatic heterocycles. The second-order valence-electron chi connectivity index (χ2n) is 3.65. The monoisotopic (exact) mass is 254 g/mol. The maximum Gasteiger partial charge on any atom is 0.366 e. The summed E-state index contributed by atoms with van der Waals surface area (Å²) in [7, 11) is 1.47. The van der Waals surface area contributed by atoms with Gasteiger partial charge in [-0.05, 0) is 31.0 Å². The third-order valence-electron chi connectivity index (χ3n) is 2.36.